The SMILES string of the molecule is CCCCCCCCCCCCCCc1ccc(O)cc1Oc1cccc(S(=O)(=O)O)c1. The molecule has 178 valence electrons. The molecular formula is C26H38O5S. The summed E-state index contributed by atoms with van der Waals surface area (Å²) in [4.78, 5) is -0.224. The van der Waals surface area contributed by atoms with Crippen LogP contribution >= 0.6 is 0 Å². The molecule has 0 amide bonds. The van der Waals surface area contributed by atoms with Crippen LogP contribution in [0.2, 0.25) is 0 Å². The van der Waals surface area contributed by atoms with Crippen LogP contribution in [0, 0.1) is 0 Å². The van der Waals surface area contributed by atoms with Crippen molar-refractivity contribution in [1.29, 1.82) is 0 Å². The van der Waals surface area contributed by atoms with Gasteiger partial charge in [-0.2, -0.15) is 8.42 Å². The maximum Gasteiger partial charge on any atom is 0.294 e. The van der Waals surface area contributed by atoms with Crippen molar-refractivity contribution in [1.82, 2.24) is 0 Å². The quantitative estimate of drug-likeness (QED) is 0.197. The molecule has 32 heavy (non-hydrogen) atoms. The Kier molecular flexibility index (Phi) is 11.6. The molecule has 0 aromatic heterocycles. The minimum atomic E-state index is -4.30. The Labute approximate surface area is 193 Å². The Morgan fingerprint density at radius 3 is 1.97 bits per heavy atom. The van der Waals surface area contributed by atoms with Crippen molar-refractivity contribution in [3.05, 3.63) is 48.0 Å². The summed E-state index contributed by atoms with van der Waals surface area (Å²) >= 11 is 0. The number of hydrogen-bond donors (Lipinski definition) is 2. The highest BCUT2D eigenvalue weighted by atomic mass is 32.2. The number of benzene rings is 2. The Balaban J connectivity index is 1.75. The number of phenolic OH excluding ortho intramolecular Hbond substituents is 1. The molecule has 0 aliphatic heterocycles. The number of unbranched alkanes of at least 4 members (excludes halogenated alkanes) is 11. The summed E-state index contributed by atoms with van der Waals surface area (Å²) in [6, 6.07) is 10.7. The summed E-state index contributed by atoms with van der Waals surface area (Å²) in [5, 5.41) is 9.86. The van der Waals surface area contributed by atoms with Gasteiger partial charge in [-0.1, -0.05) is 89.7 Å². The van der Waals surface area contributed by atoms with Crippen LogP contribution in [0.4, 0.5) is 0 Å². The maximum atomic E-state index is 11.4. The van der Waals surface area contributed by atoms with E-state index in [1.807, 2.05) is 6.07 Å². The lowest BCUT2D eigenvalue weighted by Gasteiger charge is -2.12. The molecule has 0 heterocycles. The number of rotatable bonds is 16. The fraction of sp³-hybridized carbons (Fsp3) is 0.538. The highest BCUT2D eigenvalue weighted by Gasteiger charge is 2.12. The normalized spacial score (nSPS) is 11.6. The van der Waals surface area contributed by atoms with E-state index < -0.39 is 10.1 Å². The maximum absolute atomic E-state index is 11.4. The standard InChI is InChI=1S/C26H38O5S/c1-2-3-4-5-6-7-8-9-10-11-12-13-15-22-18-19-23(27)20-26(22)31-24-16-14-17-25(21-24)32(28,29)30/h14,16-21,27H,2-13,15H2,1H3,(H,28,29,30). The van der Waals surface area contributed by atoms with Crippen molar-refractivity contribution in [2.24, 2.45) is 0 Å². The molecule has 0 saturated heterocycles. The van der Waals surface area contributed by atoms with E-state index in [1.54, 1.807) is 12.1 Å². The van der Waals surface area contributed by atoms with E-state index in [0.29, 0.717) is 11.5 Å². The zero-order valence-corrected chi connectivity index (χ0v) is 20.1. The third-order valence-electron chi connectivity index (χ3n) is 5.68. The summed E-state index contributed by atoms with van der Waals surface area (Å²) in [6.45, 7) is 2.25. The Bertz CT molecular complexity index is 908. The van der Waals surface area contributed by atoms with Gasteiger partial charge in [0.1, 0.15) is 17.2 Å². The fourth-order valence-corrected chi connectivity index (χ4v) is 4.34. The van der Waals surface area contributed by atoms with E-state index in [2.05, 4.69) is 6.92 Å². The molecule has 0 bridgehead atoms. The van der Waals surface area contributed by atoms with Gasteiger partial charge in [-0.15, -0.1) is 0 Å². The van der Waals surface area contributed by atoms with E-state index in [9.17, 15) is 18.1 Å². The smallest absolute Gasteiger partial charge is 0.294 e. The zero-order chi connectivity index (χ0) is 23.2. The predicted octanol–water partition coefficient (Wildman–Crippen LogP) is 7.67. The lowest BCUT2D eigenvalue weighted by molar-refractivity contribution is 0.448. The van der Waals surface area contributed by atoms with Crippen molar-refractivity contribution in [3.8, 4) is 17.2 Å². The van der Waals surface area contributed by atoms with Crippen molar-refractivity contribution in [3.63, 3.8) is 0 Å². The second-order valence-corrected chi connectivity index (χ2v) is 9.90. The van der Waals surface area contributed by atoms with Gasteiger partial charge < -0.3 is 9.84 Å². The lowest BCUT2D eigenvalue weighted by Crippen LogP contribution is -1.98. The van der Waals surface area contributed by atoms with Gasteiger partial charge >= 0.3 is 0 Å². The van der Waals surface area contributed by atoms with E-state index in [1.165, 1.54) is 88.5 Å². The van der Waals surface area contributed by atoms with Gasteiger partial charge in [-0.05, 0) is 36.6 Å². The average molecular weight is 463 g/mol. The van der Waals surface area contributed by atoms with Crippen LogP contribution in [0.1, 0.15) is 89.5 Å². The lowest BCUT2D eigenvalue weighted by atomic mass is 10.0. The van der Waals surface area contributed by atoms with E-state index >= 15 is 0 Å². The average Bonchev–Trinajstić information content (AvgIpc) is 2.75. The number of ether oxygens (including phenoxy) is 1. The summed E-state index contributed by atoms with van der Waals surface area (Å²) < 4.78 is 37.8. The van der Waals surface area contributed by atoms with Gasteiger partial charge in [-0.3, -0.25) is 4.55 Å². The molecule has 5 nitrogen and oxygen atoms in total. The molecular weight excluding hydrogens is 424 g/mol. The van der Waals surface area contributed by atoms with Gasteiger partial charge in [-0.25, -0.2) is 0 Å². The molecule has 0 fully saturated rings. The predicted molar refractivity (Wildman–Crippen MR) is 129 cm³/mol. The van der Waals surface area contributed by atoms with Gasteiger partial charge in [0.2, 0.25) is 0 Å². The Morgan fingerprint density at radius 1 is 0.781 bits per heavy atom. The van der Waals surface area contributed by atoms with E-state index in [4.69, 9.17) is 4.74 Å². The van der Waals surface area contributed by atoms with Gasteiger partial charge in [0, 0.05) is 12.1 Å². The van der Waals surface area contributed by atoms with Gasteiger partial charge in [0.05, 0.1) is 4.90 Å². The first-order chi connectivity index (χ1) is 15.4. The Morgan fingerprint density at radius 2 is 1.38 bits per heavy atom. The molecule has 6 heteroatoms. The zero-order valence-electron chi connectivity index (χ0n) is 19.3. The topological polar surface area (TPSA) is 83.8 Å². The third kappa shape index (κ3) is 10.0. The van der Waals surface area contributed by atoms with Gasteiger partial charge in [0.25, 0.3) is 10.1 Å². The minimum absolute atomic E-state index is 0.0874. The van der Waals surface area contributed by atoms with Crippen LogP contribution in [0.3, 0.4) is 0 Å². The second-order valence-electron chi connectivity index (χ2n) is 8.48. The van der Waals surface area contributed by atoms with Crippen molar-refractivity contribution in [2.75, 3.05) is 0 Å². The number of aryl methyl sites for hydroxylation is 1. The Hall–Kier alpha value is -2.05. The van der Waals surface area contributed by atoms with Crippen molar-refractivity contribution >= 4 is 10.1 Å². The fourth-order valence-electron chi connectivity index (χ4n) is 3.83. The molecule has 2 aromatic carbocycles. The number of phenols is 1. The van der Waals surface area contributed by atoms with Crippen LogP contribution in [-0.4, -0.2) is 18.1 Å². The molecule has 2 rings (SSSR count). The number of hydrogen-bond acceptors (Lipinski definition) is 4. The van der Waals surface area contributed by atoms with Crippen LogP contribution < -0.4 is 4.74 Å². The van der Waals surface area contributed by atoms with Crippen molar-refractivity contribution in [2.45, 2.75) is 95.3 Å². The summed E-state index contributed by atoms with van der Waals surface area (Å²) in [5.41, 5.74) is 0.965. The highest BCUT2D eigenvalue weighted by molar-refractivity contribution is 7.85. The molecule has 0 spiro atoms. The van der Waals surface area contributed by atoms with E-state index in [-0.39, 0.29) is 10.6 Å². The molecule has 0 saturated carbocycles. The summed E-state index contributed by atoms with van der Waals surface area (Å²) in [5.74, 6) is 0.881. The number of aromatic hydroxyl groups is 1. The molecule has 0 atom stereocenters. The molecule has 0 aliphatic rings. The first-order valence-corrected chi connectivity index (χ1v) is 13.4. The minimum Gasteiger partial charge on any atom is -0.508 e. The summed E-state index contributed by atoms with van der Waals surface area (Å²) in [6.07, 6.45) is 16.3. The largest absolute Gasteiger partial charge is 0.508 e. The molecule has 2 N–H and O–H groups in total. The van der Waals surface area contributed by atoms with Crippen LogP contribution in [0.5, 0.6) is 17.2 Å². The summed E-state index contributed by atoms with van der Waals surface area (Å²) in [7, 11) is -4.30. The monoisotopic (exact) mass is 462 g/mol. The highest BCUT2D eigenvalue weighted by Crippen LogP contribution is 2.31. The third-order valence-corrected chi connectivity index (χ3v) is 6.53. The van der Waals surface area contributed by atoms with Crippen LogP contribution in [0.15, 0.2) is 47.4 Å². The first-order valence-electron chi connectivity index (χ1n) is 12.0. The second kappa shape index (κ2) is 14.2. The first kappa shape index (κ1) is 26.2. The van der Waals surface area contributed by atoms with Crippen LogP contribution in [0.25, 0.3) is 0 Å². The van der Waals surface area contributed by atoms with E-state index in [0.717, 1.165) is 24.8 Å². The van der Waals surface area contributed by atoms with Crippen LogP contribution in [-0.2, 0) is 16.5 Å². The van der Waals surface area contributed by atoms with Crippen molar-refractivity contribution < 1.29 is 22.8 Å². The molecule has 0 aliphatic carbocycles. The molecule has 2 aromatic rings. The molecule has 0 radical (unpaired) electrons. The molecule has 0 unspecified atom stereocenters. The van der Waals surface area contributed by atoms with Gasteiger partial charge in [0.15, 0.2) is 0 Å².